The second-order valence-corrected chi connectivity index (χ2v) is 8.29. The van der Waals surface area contributed by atoms with E-state index in [1.807, 2.05) is 47.4 Å². The predicted molar refractivity (Wildman–Crippen MR) is 117 cm³/mol. The van der Waals surface area contributed by atoms with Gasteiger partial charge in [0.25, 0.3) is 5.91 Å². The van der Waals surface area contributed by atoms with Crippen LogP contribution in [-0.2, 0) is 23.6 Å². The fourth-order valence-electron chi connectivity index (χ4n) is 3.67. The van der Waals surface area contributed by atoms with Crippen molar-refractivity contribution >= 4 is 17.7 Å². The SMILES string of the molecule is COCc1nnc(SCc2ccccc2C(=O)N2CCCC2)n1Cc1ccccc1. The normalized spacial score (nSPS) is 13.7. The molecule has 2 heterocycles. The summed E-state index contributed by atoms with van der Waals surface area (Å²) in [6.45, 7) is 2.80. The first-order valence-corrected chi connectivity index (χ1v) is 11.2. The molecule has 0 bridgehead atoms. The van der Waals surface area contributed by atoms with Gasteiger partial charge in [-0.3, -0.25) is 9.36 Å². The Labute approximate surface area is 181 Å². The van der Waals surface area contributed by atoms with Gasteiger partial charge in [0.05, 0.1) is 6.54 Å². The standard InChI is InChI=1S/C23H26N4O2S/c1-29-16-21-24-25-23(27(21)15-18-9-3-2-4-10-18)30-17-19-11-5-6-12-20(19)22(28)26-13-7-8-14-26/h2-6,9-12H,7-8,13-17H2,1H3. The van der Waals surface area contributed by atoms with Crippen molar-refractivity contribution < 1.29 is 9.53 Å². The molecule has 6 nitrogen and oxygen atoms in total. The van der Waals surface area contributed by atoms with E-state index < -0.39 is 0 Å². The highest BCUT2D eigenvalue weighted by molar-refractivity contribution is 7.98. The minimum Gasteiger partial charge on any atom is -0.377 e. The van der Waals surface area contributed by atoms with Crippen LogP contribution in [-0.4, -0.2) is 45.8 Å². The van der Waals surface area contributed by atoms with Crippen molar-refractivity contribution in [3.63, 3.8) is 0 Å². The van der Waals surface area contributed by atoms with Crippen LogP contribution >= 0.6 is 11.8 Å². The van der Waals surface area contributed by atoms with E-state index in [-0.39, 0.29) is 5.91 Å². The molecule has 1 fully saturated rings. The van der Waals surface area contributed by atoms with E-state index >= 15 is 0 Å². The van der Waals surface area contributed by atoms with Crippen LogP contribution < -0.4 is 0 Å². The molecule has 7 heteroatoms. The number of benzene rings is 2. The number of rotatable bonds is 8. The molecule has 3 aromatic rings. The highest BCUT2D eigenvalue weighted by Gasteiger charge is 2.22. The Bertz CT molecular complexity index is 984. The maximum atomic E-state index is 12.9. The van der Waals surface area contributed by atoms with Crippen molar-refractivity contribution in [1.82, 2.24) is 19.7 Å². The van der Waals surface area contributed by atoms with Crippen molar-refractivity contribution in [2.24, 2.45) is 0 Å². The Morgan fingerprint density at radius 1 is 1.03 bits per heavy atom. The van der Waals surface area contributed by atoms with E-state index in [0.717, 1.165) is 48.0 Å². The summed E-state index contributed by atoms with van der Waals surface area (Å²) in [6, 6.07) is 18.1. The second kappa shape index (κ2) is 9.91. The van der Waals surface area contributed by atoms with E-state index in [1.165, 1.54) is 5.56 Å². The number of amides is 1. The van der Waals surface area contributed by atoms with Gasteiger partial charge in [0, 0.05) is 31.5 Å². The van der Waals surface area contributed by atoms with Crippen LogP contribution in [0.3, 0.4) is 0 Å². The smallest absolute Gasteiger partial charge is 0.254 e. The molecule has 30 heavy (non-hydrogen) atoms. The maximum absolute atomic E-state index is 12.9. The zero-order chi connectivity index (χ0) is 20.8. The number of carbonyl (C=O) groups excluding carboxylic acids is 1. The highest BCUT2D eigenvalue weighted by atomic mass is 32.2. The molecule has 0 saturated carbocycles. The molecule has 0 unspecified atom stereocenters. The highest BCUT2D eigenvalue weighted by Crippen LogP contribution is 2.26. The first kappa shape index (κ1) is 20.6. The van der Waals surface area contributed by atoms with Crippen LogP contribution in [0, 0.1) is 0 Å². The third-order valence-corrected chi connectivity index (χ3v) is 6.26. The summed E-state index contributed by atoms with van der Waals surface area (Å²) in [5.41, 5.74) is 3.00. The number of likely N-dealkylation sites (tertiary alicyclic amines) is 1. The van der Waals surface area contributed by atoms with Crippen molar-refractivity contribution in [1.29, 1.82) is 0 Å². The van der Waals surface area contributed by atoms with Crippen LogP contribution in [0.2, 0.25) is 0 Å². The van der Waals surface area contributed by atoms with Crippen molar-refractivity contribution in [2.75, 3.05) is 20.2 Å². The van der Waals surface area contributed by atoms with Gasteiger partial charge in [-0.25, -0.2) is 0 Å². The van der Waals surface area contributed by atoms with Crippen LogP contribution in [0.1, 0.15) is 40.2 Å². The van der Waals surface area contributed by atoms with Crippen molar-refractivity contribution in [3.8, 4) is 0 Å². The maximum Gasteiger partial charge on any atom is 0.254 e. The molecule has 1 amide bonds. The van der Waals surface area contributed by atoms with Gasteiger partial charge in [0.1, 0.15) is 6.61 Å². The van der Waals surface area contributed by atoms with Crippen LogP contribution in [0.15, 0.2) is 59.8 Å². The first-order valence-electron chi connectivity index (χ1n) is 10.2. The fourth-order valence-corrected chi connectivity index (χ4v) is 4.63. The van der Waals surface area contributed by atoms with Crippen molar-refractivity contribution in [2.45, 2.75) is 36.9 Å². The van der Waals surface area contributed by atoms with Gasteiger partial charge >= 0.3 is 0 Å². The Morgan fingerprint density at radius 2 is 1.77 bits per heavy atom. The summed E-state index contributed by atoms with van der Waals surface area (Å²) in [7, 11) is 1.66. The molecule has 2 aromatic carbocycles. The lowest BCUT2D eigenvalue weighted by atomic mass is 10.1. The van der Waals surface area contributed by atoms with Gasteiger partial charge in [-0.05, 0) is 30.0 Å². The molecular formula is C23H26N4O2S. The Morgan fingerprint density at radius 3 is 2.53 bits per heavy atom. The summed E-state index contributed by atoms with van der Waals surface area (Å²) in [5, 5.41) is 9.55. The topological polar surface area (TPSA) is 60.3 Å². The zero-order valence-electron chi connectivity index (χ0n) is 17.2. The molecule has 1 aromatic heterocycles. The fraction of sp³-hybridized carbons (Fsp3) is 0.348. The number of thioether (sulfide) groups is 1. The Balaban J connectivity index is 1.53. The van der Waals surface area contributed by atoms with E-state index in [2.05, 4.69) is 26.9 Å². The number of carbonyl (C=O) groups is 1. The molecule has 0 N–H and O–H groups in total. The molecule has 0 aliphatic carbocycles. The third-order valence-electron chi connectivity index (χ3n) is 5.25. The predicted octanol–water partition coefficient (Wildman–Crippen LogP) is 4.00. The summed E-state index contributed by atoms with van der Waals surface area (Å²) in [4.78, 5) is 14.9. The number of ether oxygens (including phenoxy) is 1. The number of hydrogen-bond donors (Lipinski definition) is 0. The van der Waals surface area contributed by atoms with Crippen LogP contribution in [0.25, 0.3) is 0 Å². The number of hydrogen-bond acceptors (Lipinski definition) is 5. The lowest BCUT2D eigenvalue weighted by Crippen LogP contribution is -2.28. The van der Waals surface area contributed by atoms with Gasteiger partial charge < -0.3 is 9.64 Å². The monoisotopic (exact) mass is 422 g/mol. The van der Waals surface area contributed by atoms with E-state index in [9.17, 15) is 4.79 Å². The molecule has 0 radical (unpaired) electrons. The Hall–Kier alpha value is -2.64. The van der Waals surface area contributed by atoms with Gasteiger partial charge in [-0.1, -0.05) is 60.3 Å². The lowest BCUT2D eigenvalue weighted by Gasteiger charge is -2.17. The molecule has 0 atom stereocenters. The lowest BCUT2D eigenvalue weighted by molar-refractivity contribution is 0.0792. The minimum atomic E-state index is 0.134. The van der Waals surface area contributed by atoms with Crippen LogP contribution in [0.5, 0.6) is 0 Å². The molecule has 0 spiro atoms. The number of nitrogens with zero attached hydrogens (tertiary/aromatic N) is 4. The largest absolute Gasteiger partial charge is 0.377 e. The molecule has 156 valence electrons. The van der Waals surface area contributed by atoms with E-state index in [4.69, 9.17) is 4.74 Å². The van der Waals surface area contributed by atoms with Gasteiger partial charge in [0.15, 0.2) is 11.0 Å². The quantitative estimate of drug-likeness (QED) is 0.514. The Kier molecular flexibility index (Phi) is 6.81. The van der Waals surface area contributed by atoms with E-state index in [1.54, 1.807) is 18.9 Å². The van der Waals surface area contributed by atoms with Crippen LogP contribution in [0.4, 0.5) is 0 Å². The van der Waals surface area contributed by atoms with E-state index in [0.29, 0.717) is 18.9 Å². The van der Waals surface area contributed by atoms with Crippen molar-refractivity contribution in [3.05, 3.63) is 77.1 Å². The first-order chi connectivity index (χ1) is 14.8. The third kappa shape index (κ3) is 4.74. The zero-order valence-corrected chi connectivity index (χ0v) is 18.0. The minimum absolute atomic E-state index is 0.134. The molecule has 1 aliphatic heterocycles. The number of aromatic nitrogens is 3. The van der Waals surface area contributed by atoms with Gasteiger partial charge in [-0.2, -0.15) is 0 Å². The second-order valence-electron chi connectivity index (χ2n) is 7.35. The molecule has 4 rings (SSSR count). The summed E-state index contributed by atoms with van der Waals surface area (Å²) in [6.07, 6.45) is 2.18. The molecule has 1 saturated heterocycles. The van der Waals surface area contributed by atoms with Gasteiger partial charge in [-0.15, -0.1) is 10.2 Å². The number of methoxy groups -OCH3 is 1. The molecular weight excluding hydrogens is 396 g/mol. The average Bonchev–Trinajstić information content (AvgIpc) is 3.44. The summed E-state index contributed by atoms with van der Waals surface area (Å²) >= 11 is 1.60. The summed E-state index contributed by atoms with van der Waals surface area (Å²) in [5.74, 6) is 1.59. The summed E-state index contributed by atoms with van der Waals surface area (Å²) < 4.78 is 7.40. The average molecular weight is 423 g/mol. The molecule has 1 aliphatic rings. The van der Waals surface area contributed by atoms with Gasteiger partial charge in [0.2, 0.25) is 0 Å².